The monoisotopic (exact) mass is 312 g/mol. The van der Waals surface area contributed by atoms with Gasteiger partial charge in [-0.2, -0.15) is 13.2 Å². The fourth-order valence-corrected chi connectivity index (χ4v) is 1.27. The van der Waals surface area contributed by atoms with Crippen molar-refractivity contribution in [2.75, 3.05) is 6.61 Å². The minimum Gasteiger partial charge on any atom is -0.459 e. The normalized spacial score (nSPS) is 15.1. The van der Waals surface area contributed by atoms with E-state index in [0.717, 1.165) is 0 Å². The van der Waals surface area contributed by atoms with Crippen molar-refractivity contribution in [2.24, 2.45) is 5.92 Å². The van der Waals surface area contributed by atoms with E-state index in [4.69, 9.17) is 0 Å². The van der Waals surface area contributed by atoms with Gasteiger partial charge in [-0.25, -0.2) is 17.6 Å². The van der Waals surface area contributed by atoms with Crippen LogP contribution >= 0.6 is 0 Å². The first-order valence-electron chi connectivity index (χ1n) is 5.77. The van der Waals surface area contributed by atoms with Crippen LogP contribution in [-0.4, -0.2) is 30.6 Å². The summed E-state index contributed by atoms with van der Waals surface area (Å²) in [7, 11) is 0. The molecule has 0 aromatic heterocycles. The van der Waals surface area contributed by atoms with Gasteiger partial charge in [0.2, 0.25) is 0 Å². The summed E-state index contributed by atoms with van der Waals surface area (Å²) in [4.78, 5) is 11.1. The number of carbonyl (C=O) groups excluding carboxylic acids is 1. The van der Waals surface area contributed by atoms with Gasteiger partial charge in [0.15, 0.2) is 6.61 Å². The van der Waals surface area contributed by atoms with Crippen molar-refractivity contribution in [3.8, 4) is 0 Å². The topological polar surface area (TPSA) is 26.3 Å². The van der Waals surface area contributed by atoms with Crippen LogP contribution in [0.3, 0.4) is 0 Å². The summed E-state index contributed by atoms with van der Waals surface area (Å²) >= 11 is 0. The molecule has 1 atom stereocenters. The van der Waals surface area contributed by atoms with E-state index >= 15 is 0 Å². The predicted molar refractivity (Wildman–Crippen MR) is 55.6 cm³/mol. The molecule has 0 aliphatic heterocycles. The summed E-state index contributed by atoms with van der Waals surface area (Å²) in [5.41, 5.74) is 0. The lowest BCUT2D eigenvalue weighted by Gasteiger charge is -2.24. The standard InChI is InChI=1S/C11H15F7O2/c1-3-7(2)8(19)20-6-10(14,15)4-9(12,13)5-11(16,17)18/h7H,3-6H2,1-2H3. The van der Waals surface area contributed by atoms with E-state index in [2.05, 4.69) is 4.74 Å². The minimum atomic E-state index is -5.26. The Bertz CT molecular complexity index is 325. The zero-order chi connectivity index (χ0) is 16.2. The maximum Gasteiger partial charge on any atom is 0.394 e. The molecular formula is C11H15F7O2. The first-order valence-corrected chi connectivity index (χ1v) is 5.77. The number of carbonyl (C=O) groups is 1. The molecule has 0 saturated heterocycles. The number of hydrogen-bond acceptors (Lipinski definition) is 2. The van der Waals surface area contributed by atoms with Gasteiger partial charge >= 0.3 is 12.1 Å². The summed E-state index contributed by atoms with van der Waals surface area (Å²) in [5.74, 6) is -10.5. The molecule has 9 heteroatoms. The van der Waals surface area contributed by atoms with Crippen molar-refractivity contribution in [3.05, 3.63) is 0 Å². The largest absolute Gasteiger partial charge is 0.459 e. The smallest absolute Gasteiger partial charge is 0.394 e. The molecule has 0 rings (SSSR count). The van der Waals surface area contributed by atoms with Gasteiger partial charge in [-0.15, -0.1) is 0 Å². The SMILES string of the molecule is CCC(C)C(=O)OCC(F)(F)CC(F)(F)CC(F)(F)F. The van der Waals surface area contributed by atoms with E-state index in [-0.39, 0.29) is 0 Å². The zero-order valence-corrected chi connectivity index (χ0v) is 10.9. The number of halogens is 7. The second-order valence-electron chi connectivity index (χ2n) is 4.60. The minimum absolute atomic E-state index is 0.300. The quantitative estimate of drug-likeness (QED) is 0.520. The lowest BCUT2D eigenvalue weighted by molar-refractivity contribution is -0.213. The fraction of sp³-hybridized carbons (Fsp3) is 0.909. The van der Waals surface area contributed by atoms with E-state index in [1.54, 1.807) is 6.92 Å². The van der Waals surface area contributed by atoms with E-state index in [0.29, 0.717) is 6.42 Å². The molecule has 120 valence electrons. The molecule has 0 amide bonds. The van der Waals surface area contributed by atoms with Crippen LogP contribution < -0.4 is 0 Å². The first-order chi connectivity index (χ1) is 8.78. The molecule has 0 radical (unpaired) electrons. The molecule has 2 nitrogen and oxygen atoms in total. The molecular weight excluding hydrogens is 297 g/mol. The Morgan fingerprint density at radius 2 is 1.50 bits per heavy atom. The van der Waals surface area contributed by atoms with E-state index in [1.165, 1.54) is 6.92 Å². The van der Waals surface area contributed by atoms with Gasteiger partial charge in [0.25, 0.3) is 11.8 Å². The number of hydrogen-bond donors (Lipinski definition) is 0. The highest BCUT2D eigenvalue weighted by atomic mass is 19.4. The Hall–Kier alpha value is -1.02. The Morgan fingerprint density at radius 1 is 1.00 bits per heavy atom. The first kappa shape index (κ1) is 19.0. The van der Waals surface area contributed by atoms with Crippen molar-refractivity contribution in [1.82, 2.24) is 0 Å². The Labute approximate surface area is 111 Å². The fourth-order valence-electron chi connectivity index (χ4n) is 1.27. The summed E-state index contributed by atoms with van der Waals surface area (Å²) in [5, 5.41) is 0. The Kier molecular flexibility index (Phi) is 6.28. The molecule has 0 heterocycles. The Balaban J connectivity index is 4.48. The highest BCUT2D eigenvalue weighted by Crippen LogP contribution is 2.38. The molecule has 0 aromatic rings. The molecule has 0 N–H and O–H groups in total. The van der Waals surface area contributed by atoms with Gasteiger partial charge in [-0.05, 0) is 6.42 Å². The lowest BCUT2D eigenvalue weighted by atomic mass is 10.1. The van der Waals surface area contributed by atoms with E-state index < -0.39 is 49.4 Å². The molecule has 1 unspecified atom stereocenters. The van der Waals surface area contributed by atoms with Gasteiger partial charge in [0, 0.05) is 0 Å². The van der Waals surface area contributed by atoms with Crippen LogP contribution in [0.25, 0.3) is 0 Å². The molecule has 0 fully saturated rings. The third-order valence-electron chi connectivity index (χ3n) is 2.42. The van der Waals surface area contributed by atoms with Gasteiger partial charge < -0.3 is 4.74 Å². The lowest BCUT2D eigenvalue weighted by Crippen LogP contribution is -2.37. The van der Waals surface area contributed by atoms with Crippen LogP contribution in [-0.2, 0) is 9.53 Å². The molecule has 0 bridgehead atoms. The summed E-state index contributed by atoms with van der Waals surface area (Å²) < 4.78 is 91.3. The van der Waals surface area contributed by atoms with Crippen molar-refractivity contribution in [2.45, 2.75) is 51.1 Å². The van der Waals surface area contributed by atoms with Gasteiger partial charge in [0.05, 0.1) is 12.3 Å². The zero-order valence-electron chi connectivity index (χ0n) is 10.9. The van der Waals surface area contributed by atoms with Crippen LogP contribution in [0.1, 0.15) is 33.1 Å². The van der Waals surface area contributed by atoms with Crippen LogP contribution in [0.4, 0.5) is 30.7 Å². The van der Waals surface area contributed by atoms with Crippen LogP contribution in [0.2, 0.25) is 0 Å². The van der Waals surface area contributed by atoms with E-state index in [9.17, 15) is 35.5 Å². The van der Waals surface area contributed by atoms with Crippen molar-refractivity contribution >= 4 is 5.97 Å². The summed E-state index contributed by atoms with van der Waals surface area (Å²) in [6.45, 7) is 1.31. The average molecular weight is 312 g/mol. The van der Waals surface area contributed by atoms with E-state index in [1.807, 2.05) is 0 Å². The third kappa shape index (κ3) is 8.21. The Morgan fingerprint density at radius 3 is 1.90 bits per heavy atom. The maximum atomic E-state index is 13.1. The number of rotatable bonds is 7. The molecule has 0 aliphatic rings. The summed E-state index contributed by atoms with van der Waals surface area (Å²) in [6.07, 6.45) is -9.93. The van der Waals surface area contributed by atoms with Crippen molar-refractivity contribution < 1.29 is 40.3 Å². The van der Waals surface area contributed by atoms with Gasteiger partial charge in [-0.3, -0.25) is 4.79 Å². The van der Waals surface area contributed by atoms with Gasteiger partial charge in [-0.1, -0.05) is 13.8 Å². The predicted octanol–water partition coefficient (Wildman–Crippen LogP) is 4.19. The number of alkyl halides is 7. The van der Waals surface area contributed by atoms with Crippen molar-refractivity contribution in [3.63, 3.8) is 0 Å². The average Bonchev–Trinajstić information content (AvgIpc) is 2.19. The molecule has 20 heavy (non-hydrogen) atoms. The van der Waals surface area contributed by atoms with Gasteiger partial charge in [0.1, 0.15) is 6.42 Å². The van der Waals surface area contributed by atoms with Crippen LogP contribution in [0, 0.1) is 5.92 Å². The molecule has 0 aliphatic carbocycles. The molecule has 0 spiro atoms. The van der Waals surface area contributed by atoms with Crippen molar-refractivity contribution in [1.29, 1.82) is 0 Å². The van der Waals surface area contributed by atoms with Crippen LogP contribution in [0.15, 0.2) is 0 Å². The van der Waals surface area contributed by atoms with Crippen LogP contribution in [0.5, 0.6) is 0 Å². The number of esters is 1. The molecule has 0 aromatic carbocycles. The highest BCUT2D eigenvalue weighted by Gasteiger charge is 2.50. The number of ether oxygens (including phenoxy) is 1. The second kappa shape index (κ2) is 6.62. The second-order valence-corrected chi connectivity index (χ2v) is 4.60. The third-order valence-corrected chi connectivity index (χ3v) is 2.42. The summed E-state index contributed by atoms with van der Waals surface area (Å²) in [6, 6.07) is 0. The molecule has 0 saturated carbocycles. The highest BCUT2D eigenvalue weighted by molar-refractivity contribution is 5.71. The maximum absolute atomic E-state index is 13.1.